The van der Waals surface area contributed by atoms with Crippen molar-refractivity contribution in [3.8, 4) is 5.75 Å². The zero-order chi connectivity index (χ0) is 20.8. The van der Waals surface area contributed by atoms with Crippen molar-refractivity contribution in [3.63, 3.8) is 0 Å². The number of nitrogens with one attached hydrogen (secondary N) is 2. The molecule has 3 saturated heterocycles. The molecule has 0 saturated carbocycles. The number of aliphatic imine (C=N–C) groups is 1. The summed E-state index contributed by atoms with van der Waals surface area (Å²) < 4.78 is 11.1. The second-order valence-corrected chi connectivity index (χ2v) is 9.41. The molecule has 3 fully saturated rings. The van der Waals surface area contributed by atoms with E-state index in [1.165, 1.54) is 23.6 Å². The van der Waals surface area contributed by atoms with Crippen LogP contribution in [-0.4, -0.2) is 94.0 Å². The van der Waals surface area contributed by atoms with E-state index in [0.29, 0.717) is 6.04 Å². The Hall–Kier alpha value is -1.64. The van der Waals surface area contributed by atoms with Crippen LogP contribution in [0.4, 0.5) is 5.69 Å². The summed E-state index contributed by atoms with van der Waals surface area (Å²) in [5.74, 6) is 4.27. The van der Waals surface area contributed by atoms with Gasteiger partial charge in [0.25, 0.3) is 0 Å². The van der Waals surface area contributed by atoms with Gasteiger partial charge < -0.3 is 25.0 Å². The summed E-state index contributed by atoms with van der Waals surface area (Å²) in [5.41, 5.74) is 1.38. The first-order chi connectivity index (χ1) is 14.7. The van der Waals surface area contributed by atoms with Gasteiger partial charge >= 0.3 is 0 Å². The molecule has 3 aliphatic heterocycles. The molecule has 2 unspecified atom stereocenters. The fourth-order valence-corrected chi connectivity index (χ4v) is 6.24. The van der Waals surface area contributed by atoms with Crippen molar-refractivity contribution < 1.29 is 9.47 Å². The van der Waals surface area contributed by atoms with E-state index in [4.69, 9.17) is 9.47 Å². The second-order valence-electron chi connectivity index (χ2n) is 8.30. The molecule has 0 radical (unpaired) electrons. The Morgan fingerprint density at radius 1 is 1.30 bits per heavy atom. The monoisotopic (exact) mass is 433 g/mol. The Kier molecular flexibility index (Phi) is 7.28. The number of anilines is 1. The van der Waals surface area contributed by atoms with Gasteiger partial charge in [-0.05, 0) is 30.7 Å². The Labute approximate surface area is 184 Å². The van der Waals surface area contributed by atoms with Crippen LogP contribution in [0.2, 0.25) is 0 Å². The van der Waals surface area contributed by atoms with Crippen molar-refractivity contribution >= 4 is 23.4 Å². The van der Waals surface area contributed by atoms with E-state index < -0.39 is 0 Å². The van der Waals surface area contributed by atoms with E-state index in [9.17, 15) is 0 Å². The zero-order valence-electron chi connectivity index (χ0n) is 18.2. The van der Waals surface area contributed by atoms with E-state index in [0.717, 1.165) is 64.1 Å². The normalized spacial score (nSPS) is 28.0. The first-order valence-electron chi connectivity index (χ1n) is 11.0. The highest BCUT2D eigenvalue weighted by Gasteiger charge is 2.40. The summed E-state index contributed by atoms with van der Waals surface area (Å²) in [4.78, 5) is 9.55. The fraction of sp³-hybridized carbons (Fsp3) is 0.682. The number of morpholine rings is 1. The van der Waals surface area contributed by atoms with Crippen LogP contribution in [0.15, 0.2) is 29.3 Å². The van der Waals surface area contributed by atoms with E-state index in [1.54, 1.807) is 7.11 Å². The van der Waals surface area contributed by atoms with Crippen LogP contribution < -0.4 is 20.3 Å². The minimum Gasteiger partial charge on any atom is -0.495 e. The number of methoxy groups -OCH3 is 1. The zero-order valence-corrected chi connectivity index (χ0v) is 19.0. The summed E-state index contributed by atoms with van der Waals surface area (Å²) in [6.07, 6.45) is 2.32. The molecular weight excluding hydrogens is 398 g/mol. The number of nitrogens with zero attached hydrogens (tertiary/aromatic N) is 3. The fourth-order valence-electron chi connectivity index (χ4n) is 4.76. The SMILES string of the molecule is CN=C(NCC1(N2CCOCC2)CCSC1)NC1CCN(c2ccccc2OC)C1. The first kappa shape index (κ1) is 21.6. The summed E-state index contributed by atoms with van der Waals surface area (Å²) in [5, 5.41) is 7.31. The molecule has 166 valence electrons. The molecule has 2 atom stereocenters. The average Bonchev–Trinajstić information content (AvgIpc) is 3.47. The molecule has 0 aromatic heterocycles. The molecule has 4 rings (SSSR count). The highest BCUT2D eigenvalue weighted by atomic mass is 32.2. The second kappa shape index (κ2) is 10.1. The largest absolute Gasteiger partial charge is 0.495 e. The highest BCUT2D eigenvalue weighted by molar-refractivity contribution is 7.99. The average molecular weight is 434 g/mol. The number of rotatable bonds is 6. The van der Waals surface area contributed by atoms with Crippen molar-refractivity contribution in [1.82, 2.24) is 15.5 Å². The lowest BCUT2D eigenvalue weighted by Crippen LogP contribution is -2.60. The third-order valence-corrected chi connectivity index (χ3v) is 7.76. The lowest BCUT2D eigenvalue weighted by molar-refractivity contribution is -0.0120. The molecule has 0 bridgehead atoms. The van der Waals surface area contributed by atoms with E-state index >= 15 is 0 Å². The predicted molar refractivity (Wildman–Crippen MR) is 125 cm³/mol. The summed E-state index contributed by atoms with van der Waals surface area (Å²) in [7, 11) is 3.61. The standard InChI is InChI=1S/C22H35N5O2S/c1-23-21(24-16-22(8-14-30-17-22)27-10-12-29-13-11-27)25-18-7-9-26(15-18)19-5-3-4-6-20(19)28-2/h3-6,18H,7-17H2,1-2H3,(H2,23,24,25). The maximum absolute atomic E-state index is 5.58. The highest BCUT2D eigenvalue weighted by Crippen LogP contribution is 2.34. The van der Waals surface area contributed by atoms with Crippen LogP contribution in [0.5, 0.6) is 5.75 Å². The summed E-state index contributed by atoms with van der Waals surface area (Å²) in [6.45, 7) is 6.66. The minimum atomic E-state index is 0.213. The minimum absolute atomic E-state index is 0.213. The molecule has 3 heterocycles. The van der Waals surface area contributed by atoms with Gasteiger partial charge in [0.15, 0.2) is 5.96 Å². The number of para-hydroxylation sites is 2. The number of ether oxygens (including phenoxy) is 2. The van der Waals surface area contributed by atoms with Gasteiger partial charge in [0, 0.05) is 57.1 Å². The quantitative estimate of drug-likeness (QED) is 0.522. The Bertz CT molecular complexity index is 719. The number of guanidine groups is 1. The van der Waals surface area contributed by atoms with Gasteiger partial charge in [0.05, 0.1) is 26.0 Å². The number of benzene rings is 1. The molecule has 1 aromatic rings. The molecule has 0 aliphatic carbocycles. The predicted octanol–water partition coefficient (Wildman–Crippen LogP) is 1.65. The maximum atomic E-state index is 5.58. The van der Waals surface area contributed by atoms with Gasteiger partial charge in [0.1, 0.15) is 5.75 Å². The number of thioether (sulfide) groups is 1. The Morgan fingerprint density at radius 2 is 2.13 bits per heavy atom. The molecule has 0 amide bonds. The van der Waals surface area contributed by atoms with Gasteiger partial charge in [-0.2, -0.15) is 11.8 Å². The Balaban J connectivity index is 1.33. The molecule has 30 heavy (non-hydrogen) atoms. The molecular formula is C22H35N5O2S. The van der Waals surface area contributed by atoms with Gasteiger partial charge in [-0.3, -0.25) is 9.89 Å². The van der Waals surface area contributed by atoms with Crippen LogP contribution in [-0.2, 0) is 4.74 Å². The van der Waals surface area contributed by atoms with E-state index in [1.807, 2.05) is 19.2 Å². The maximum Gasteiger partial charge on any atom is 0.191 e. The van der Waals surface area contributed by atoms with Crippen LogP contribution in [0.3, 0.4) is 0 Å². The van der Waals surface area contributed by atoms with Crippen molar-refractivity contribution in [2.75, 3.05) is 76.5 Å². The van der Waals surface area contributed by atoms with Crippen LogP contribution in [0.25, 0.3) is 0 Å². The lowest BCUT2D eigenvalue weighted by Gasteiger charge is -2.43. The smallest absolute Gasteiger partial charge is 0.191 e. The van der Waals surface area contributed by atoms with Gasteiger partial charge in [-0.15, -0.1) is 0 Å². The van der Waals surface area contributed by atoms with Crippen molar-refractivity contribution in [2.45, 2.75) is 24.4 Å². The number of hydrogen-bond donors (Lipinski definition) is 2. The van der Waals surface area contributed by atoms with Crippen molar-refractivity contribution in [3.05, 3.63) is 24.3 Å². The van der Waals surface area contributed by atoms with Crippen molar-refractivity contribution in [1.29, 1.82) is 0 Å². The van der Waals surface area contributed by atoms with Gasteiger partial charge in [-0.25, -0.2) is 0 Å². The Morgan fingerprint density at radius 3 is 2.87 bits per heavy atom. The van der Waals surface area contributed by atoms with Crippen LogP contribution in [0.1, 0.15) is 12.8 Å². The summed E-state index contributed by atoms with van der Waals surface area (Å²) in [6, 6.07) is 8.63. The molecule has 3 aliphatic rings. The topological polar surface area (TPSA) is 61.4 Å². The molecule has 8 heteroatoms. The molecule has 0 spiro atoms. The van der Waals surface area contributed by atoms with Gasteiger partial charge in [0.2, 0.25) is 0 Å². The molecule has 7 nitrogen and oxygen atoms in total. The molecule has 2 N–H and O–H groups in total. The van der Waals surface area contributed by atoms with E-state index in [-0.39, 0.29) is 5.54 Å². The van der Waals surface area contributed by atoms with Crippen LogP contribution in [0, 0.1) is 0 Å². The van der Waals surface area contributed by atoms with Gasteiger partial charge in [-0.1, -0.05) is 12.1 Å². The lowest BCUT2D eigenvalue weighted by atomic mass is 9.95. The summed E-state index contributed by atoms with van der Waals surface area (Å²) >= 11 is 2.07. The van der Waals surface area contributed by atoms with Crippen molar-refractivity contribution in [2.24, 2.45) is 4.99 Å². The third-order valence-electron chi connectivity index (χ3n) is 6.53. The molecule has 1 aromatic carbocycles. The third kappa shape index (κ3) is 4.81. The van der Waals surface area contributed by atoms with Crippen LogP contribution >= 0.6 is 11.8 Å². The number of hydrogen-bond acceptors (Lipinski definition) is 6. The first-order valence-corrected chi connectivity index (χ1v) is 12.2. The van der Waals surface area contributed by atoms with E-state index in [2.05, 4.69) is 49.3 Å².